The summed E-state index contributed by atoms with van der Waals surface area (Å²) in [6.07, 6.45) is 6.82. The Balaban J connectivity index is 1.58. The van der Waals surface area contributed by atoms with Crippen LogP contribution in [0.5, 0.6) is 0 Å². The summed E-state index contributed by atoms with van der Waals surface area (Å²) in [5.41, 5.74) is 0. The van der Waals surface area contributed by atoms with Gasteiger partial charge in [0.05, 0.1) is 6.10 Å². The van der Waals surface area contributed by atoms with Crippen LogP contribution >= 0.6 is 0 Å². The molecule has 0 unspecified atom stereocenters. The summed E-state index contributed by atoms with van der Waals surface area (Å²) in [5, 5.41) is 12.7. The molecule has 70 valence electrons. The van der Waals surface area contributed by atoms with Gasteiger partial charge in [-0.15, -0.1) is 0 Å². The molecule has 12 heavy (non-hydrogen) atoms. The zero-order chi connectivity index (χ0) is 8.39. The third-order valence-electron chi connectivity index (χ3n) is 3.19. The van der Waals surface area contributed by atoms with Gasteiger partial charge in [-0.05, 0) is 18.3 Å². The minimum Gasteiger partial charge on any atom is -0.391 e. The molecule has 2 nitrogen and oxygen atoms in total. The lowest BCUT2D eigenvalue weighted by Gasteiger charge is -2.12. The van der Waals surface area contributed by atoms with E-state index >= 15 is 0 Å². The molecule has 1 aliphatic carbocycles. The lowest BCUT2D eigenvalue weighted by atomic mass is 9.98. The molecule has 0 aromatic heterocycles. The van der Waals surface area contributed by atoms with Gasteiger partial charge in [0, 0.05) is 13.1 Å². The smallest absolute Gasteiger partial charge is 0.0704 e. The molecule has 2 atom stereocenters. The number of hydrogen-bond acceptors (Lipinski definition) is 2. The quantitative estimate of drug-likeness (QED) is 0.661. The second kappa shape index (κ2) is 3.75. The van der Waals surface area contributed by atoms with Crippen molar-refractivity contribution in [2.75, 3.05) is 13.1 Å². The molecule has 0 aromatic carbocycles. The third kappa shape index (κ3) is 2.20. The predicted molar refractivity (Wildman–Crippen MR) is 48.9 cm³/mol. The number of hydrogen-bond donors (Lipinski definition) is 2. The van der Waals surface area contributed by atoms with Crippen molar-refractivity contribution in [1.29, 1.82) is 0 Å². The van der Waals surface area contributed by atoms with Crippen molar-refractivity contribution in [1.82, 2.24) is 5.32 Å². The van der Waals surface area contributed by atoms with E-state index in [2.05, 4.69) is 5.32 Å². The van der Waals surface area contributed by atoms with Crippen LogP contribution in [0.15, 0.2) is 0 Å². The standard InChI is InChI=1S/C10H19NO/c12-10-7-11-6-9(10)3-1-2-8-4-5-8/h8-12H,1-7H2/t9-,10-/m1/s1. The fraction of sp³-hybridized carbons (Fsp3) is 1.00. The zero-order valence-corrected chi connectivity index (χ0v) is 7.63. The van der Waals surface area contributed by atoms with Gasteiger partial charge in [0.25, 0.3) is 0 Å². The molecule has 2 aliphatic rings. The molecule has 2 N–H and O–H groups in total. The highest BCUT2D eigenvalue weighted by Crippen LogP contribution is 2.34. The molecular formula is C10H19NO. The SMILES string of the molecule is O[C@@H]1CNC[C@H]1CCCC1CC1. The fourth-order valence-electron chi connectivity index (χ4n) is 2.09. The van der Waals surface area contributed by atoms with Crippen molar-refractivity contribution in [3.05, 3.63) is 0 Å². The van der Waals surface area contributed by atoms with E-state index < -0.39 is 0 Å². The molecule has 0 amide bonds. The normalized spacial score (nSPS) is 35.8. The molecule has 0 radical (unpaired) electrons. The molecule has 0 aromatic rings. The number of aliphatic hydroxyl groups is 1. The maximum Gasteiger partial charge on any atom is 0.0704 e. The van der Waals surface area contributed by atoms with Crippen LogP contribution in [0.4, 0.5) is 0 Å². The van der Waals surface area contributed by atoms with E-state index in [1.807, 2.05) is 0 Å². The van der Waals surface area contributed by atoms with Gasteiger partial charge in [-0.2, -0.15) is 0 Å². The molecule has 1 saturated carbocycles. The monoisotopic (exact) mass is 169 g/mol. The zero-order valence-electron chi connectivity index (χ0n) is 7.63. The van der Waals surface area contributed by atoms with Crippen LogP contribution in [0, 0.1) is 11.8 Å². The van der Waals surface area contributed by atoms with Crippen molar-refractivity contribution in [3.63, 3.8) is 0 Å². The van der Waals surface area contributed by atoms with E-state index in [-0.39, 0.29) is 6.10 Å². The molecule has 1 heterocycles. The van der Waals surface area contributed by atoms with Crippen LogP contribution in [0.2, 0.25) is 0 Å². The van der Waals surface area contributed by atoms with Gasteiger partial charge in [-0.1, -0.05) is 25.7 Å². The maximum atomic E-state index is 9.51. The summed E-state index contributed by atoms with van der Waals surface area (Å²) in [6, 6.07) is 0. The molecule has 2 fully saturated rings. The number of nitrogens with one attached hydrogen (secondary N) is 1. The highest BCUT2D eigenvalue weighted by molar-refractivity contribution is 4.81. The topological polar surface area (TPSA) is 32.3 Å². The average Bonchev–Trinajstić information content (AvgIpc) is 2.78. The molecular weight excluding hydrogens is 150 g/mol. The van der Waals surface area contributed by atoms with Gasteiger partial charge in [-0.3, -0.25) is 0 Å². The Morgan fingerprint density at radius 3 is 2.58 bits per heavy atom. The molecule has 2 heteroatoms. The first kappa shape index (κ1) is 8.52. The number of rotatable bonds is 4. The summed E-state index contributed by atoms with van der Waals surface area (Å²) >= 11 is 0. The second-order valence-corrected chi connectivity index (χ2v) is 4.36. The Labute approximate surface area is 74.4 Å². The van der Waals surface area contributed by atoms with Gasteiger partial charge < -0.3 is 10.4 Å². The summed E-state index contributed by atoms with van der Waals surface area (Å²) in [6.45, 7) is 1.85. The van der Waals surface area contributed by atoms with Gasteiger partial charge in [-0.25, -0.2) is 0 Å². The van der Waals surface area contributed by atoms with E-state index in [1.54, 1.807) is 0 Å². The van der Waals surface area contributed by atoms with Crippen LogP contribution in [0.1, 0.15) is 32.1 Å². The predicted octanol–water partition coefficient (Wildman–Crippen LogP) is 1.15. The van der Waals surface area contributed by atoms with Gasteiger partial charge in [0.15, 0.2) is 0 Å². The second-order valence-electron chi connectivity index (χ2n) is 4.36. The van der Waals surface area contributed by atoms with Crippen molar-refractivity contribution >= 4 is 0 Å². The highest BCUT2D eigenvalue weighted by Gasteiger charge is 2.26. The van der Waals surface area contributed by atoms with E-state index in [0.29, 0.717) is 5.92 Å². The molecule has 0 bridgehead atoms. The van der Waals surface area contributed by atoms with Crippen LogP contribution in [-0.2, 0) is 0 Å². The molecule has 1 aliphatic heterocycles. The average molecular weight is 169 g/mol. The lowest BCUT2D eigenvalue weighted by Crippen LogP contribution is -2.17. The van der Waals surface area contributed by atoms with Crippen molar-refractivity contribution in [2.45, 2.75) is 38.2 Å². The van der Waals surface area contributed by atoms with Crippen LogP contribution in [0.25, 0.3) is 0 Å². The Morgan fingerprint density at radius 1 is 1.17 bits per heavy atom. The molecule has 0 spiro atoms. The van der Waals surface area contributed by atoms with Crippen molar-refractivity contribution in [2.24, 2.45) is 11.8 Å². The van der Waals surface area contributed by atoms with Crippen LogP contribution in [0.3, 0.4) is 0 Å². The Kier molecular flexibility index (Phi) is 2.66. The number of aliphatic hydroxyl groups excluding tert-OH is 1. The Hall–Kier alpha value is -0.0800. The minimum atomic E-state index is -0.0656. The summed E-state index contributed by atoms with van der Waals surface area (Å²) in [5.74, 6) is 1.60. The maximum absolute atomic E-state index is 9.51. The summed E-state index contributed by atoms with van der Waals surface area (Å²) < 4.78 is 0. The molecule has 1 saturated heterocycles. The Morgan fingerprint density at radius 2 is 2.00 bits per heavy atom. The van der Waals surface area contributed by atoms with Crippen LogP contribution in [-0.4, -0.2) is 24.3 Å². The van der Waals surface area contributed by atoms with E-state index in [4.69, 9.17) is 0 Å². The van der Waals surface area contributed by atoms with E-state index in [0.717, 1.165) is 19.0 Å². The molecule has 2 rings (SSSR count). The minimum absolute atomic E-state index is 0.0656. The number of β-amino-alcohol motifs (C(OH)–C–C–N with tert-alkyl or cyclic N) is 1. The van der Waals surface area contributed by atoms with Crippen LogP contribution < -0.4 is 5.32 Å². The summed E-state index contributed by atoms with van der Waals surface area (Å²) in [7, 11) is 0. The largest absolute Gasteiger partial charge is 0.391 e. The van der Waals surface area contributed by atoms with Crippen molar-refractivity contribution < 1.29 is 5.11 Å². The Bertz CT molecular complexity index is 145. The fourth-order valence-corrected chi connectivity index (χ4v) is 2.09. The van der Waals surface area contributed by atoms with E-state index in [1.165, 1.54) is 32.1 Å². The third-order valence-corrected chi connectivity index (χ3v) is 3.19. The first-order valence-electron chi connectivity index (χ1n) is 5.25. The van der Waals surface area contributed by atoms with Gasteiger partial charge in [0.2, 0.25) is 0 Å². The highest BCUT2D eigenvalue weighted by atomic mass is 16.3. The van der Waals surface area contributed by atoms with Gasteiger partial charge in [0.1, 0.15) is 0 Å². The van der Waals surface area contributed by atoms with E-state index in [9.17, 15) is 5.11 Å². The van der Waals surface area contributed by atoms with Crippen molar-refractivity contribution in [3.8, 4) is 0 Å². The van der Waals surface area contributed by atoms with Gasteiger partial charge >= 0.3 is 0 Å². The lowest BCUT2D eigenvalue weighted by molar-refractivity contribution is 0.141. The first-order chi connectivity index (χ1) is 5.86. The first-order valence-corrected chi connectivity index (χ1v) is 5.25. The summed E-state index contributed by atoms with van der Waals surface area (Å²) in [4.78, 5) is 0.